The van der Waals surface area contributed by atoms with Gasteiger partial charge in [0, 0.05) is 31.9 Å². The predicted molar refractivity (Wildman–Crippen MR) is 89.1 cm³/mol. The van der Waals surface area contributed by atoms with Gasteiger partial charge in [0.05, 0.1) is 4.90 Å². The van der Waals surface area contributed by atoms with Crippen molar-refractivity contribution in [2.75, 3.05) is 37.7 Å². The van der Waals surface area contributed by atoms with Crippen LogP contribution in [0.3, 0.4) is 0 Å². The van der Waals surface area contributed by atoms with Crippen molar-refractivity contribution in [2.24, 2.45) is 0 Å². The van der Waals surface area contributed by atoms with Crippen LogP contribution in [0.4, 0.5) is 5.69 Å². The highest BCUT2D eigenvalue weighted by atomic mass is 32.2. The molecule has 128 valence electrons. The van der Waals surface area contributed by atoms with Gasteiger partial charge in [0.1, 0.15) is 6.61 Å². The molecule has 0 aromatic heterocycles. The van der Waals surface area contributed by atoms with E-state index in [0.717, 1.165) is 11.3 Å². The van der Waals surface area contributed by atoms with Crippen molar-refractivity contribution in [3.63, 3.8) is 0 Å². The molecular weight excluding hydrogens is 316 g/mol. The van der Waals surface area contributed by atoms with E-state index in [0.29, 0.717) is 37.6 Å². The van der Waals surface area contributed by atoms with Crippen molar-refractivity contribution in [1.82, 2.24) is 4.31 Å². The summed E-state index contributed by atoms with van der Waals surface area (Å²) in [5.41, 5.74) is 1.68. The molecular formula is C16H24N2O4S. The van der Waals surface area contributed by atoms with Gasteiger partial charge in [-0.1, -0.05) is 13.8 Å². The number of anilines is 1. The fraction of sp³-hybridized carbons (Fsp3) is 0.562. The molecule has 1 aromatic carbocycles. The molecule has 0 atom stereocenters. The highest BCUT2D eigenvalue weighted by Gasteiger charge is 2.28. The van der Waals surface area contributed by atoms with E-state index in [4.69, 9.17) is 4.74 Å². The molecule has 1 aliphatic heterocycles. The molecule has 0 bridgehead atoms. The van der Waals surface area contributed by atoms with Crippen LogP contribution >= 0.6 is 0 Å². The van der Waals surface area contributed by atoms with E-state index >= 15 is 0 Å². The summed E-state index contributed by atoms with van der Waals surface area (Å²) >= 11 is 0. The quantitative estimate of drug-likeness (QED) is 0.757. The minimum absolute atomic E-state index is 0.0510. The SMILES string of the molecule is CCOCC(=O)N1CCc2cc(S(=O)(=O)N(CC)CC)ccc21. The molecule has 1 aromatic rings. The Bertz CT molecular complexity index is 669. The fourth-order valence-corrected chi connectivity index (χ4v) is 4.29. The second kappa shape index (κ2) is 7.42. The number of hydrogen-bond donors (Lipinski definition) is 0. The molecule has 0 spiro atoms. The lowest BCUT2D eigenvalue weighted by Gasteiger charge is -2.20. The Hall–Kier alpha value is -1.44. The topological polar surface area (TPSA) is 66.9 Å². The first-order valence-corrected chi connectivity index (χ1v) is 9.40. The third kappa shape index (κ3) is 3.57. The molecule has 1 heterocycles. The Balaban J connectivity index is 2.27. The second-order valence-electron chi connectivity index (χ2n) is 5.31. The largest absolute Gasteiger partial charge is 0.372 e. The molecule has 2 rings (SSSR count). The van der Waals surface area contributed by atoms with Crippen molar-refractivity contribution in [3.05, 3.63) is 23.8 Å². The Labute approximate surface area is 138 Å². The van der Waals surface area contributed by atoms with Crippen LogP contribution < -0.4 is 4.90 Å². The molecule has 0 aliphatic carbocycles. The van der Waals surface area contributed by atoms with Gasteiger partial charge in [0.2, 0.25) is 10.0 Å². The van der Waals surface area contributed by atoms with Crippen LogP contribution in [-0.2, 0) is 26.0 Å². The van der Waals surface area contributed by atoms with Gasteiger partial charge in [-0.3, -0.25) is 4.79 Å². The molecule has 0 saturated heterocycles. The molecule has 23 heavy (non-hydrogen) atoms. The maximum atomic E-state index is 12.6. The number of ether oxygens (including phenoxy) is 1. The van der Waals surface area contributed by atoms with Crippen molar-refractivity contribution < 1.29 is 17.9 Å². The van der Waals surface area contributed by atoms with Crippen LogP contribution in [0.2, 0.25) is 0 Å². The molecule has 6 nitrogen and oxygen atoms in total. The van der Waals surface area contributed by atoms with Gasteiger partial charge in [0.15, 0.2) is 0 Å². The highest BCUT2D eigenvalue weighted by molar-refractivity contribution is 7.89. The van der Waals surface area contributed by atoms with E-state index in [9.17, 15) is 13.2 Å². The lowest BCUT2D eigenvalue weighted by molar-refractivity contribution is -0.122. The maximum Gasteiger partial charge on any atom is 0.252 e. The molecule has 0 fully saturated rings. The monoisotopic (exact) mass is 340 g/mol. The molecule has 7 heteroatoms. The summed E-state index contributed by atoms with van der Waals surface area (Å²) in [6, 6.07) is 5.00. The first-order chi connectivity index (χ1) is 11.0. The predicted octanol–water partition coefficient (Wildman–Crippen LogP) is 1.64. The van der Waals surface area contributed by atoms with Gasteiger partial charge >= 0.3 is 0 Å². The summed E-state index contributed by atoms with van der Waals surface area (Å²) in [6.07, 6.45) is 0.662. The van der Waals surface area contributed by atoms with Gasteiger partial charge in [-0.2, -0.15) is 4.31 Å². The lowest BCUT2D eigenvalue weighted by Crippen LogP contribution is -2.32. The number of rotatable bonds is 7. The number of hydrogen-bond acceptors (Lipinski definition) is 4. The maximum absolute atomic E-state index is 12.6. The molecule has 0 unspecified atom stereocenters. The second-order valence-corrected chi connectivity index (χ2v) is 7.25. The normalized spacial score (nSPS) is 14.3. The lowest BCUT2D eigenvalue weighted by atomic mass is 10.2. The molecule has 0 saturated carbocycles. The van der Waals surface area contributed by atoms with E-state index in [1.54, 1.807) is 23.1 Å². The van der Waals surface area contributed by atoms with Gasteiger partial charge in [-0.15, -0.1) is 0 Å². The Morgan fingerprint density at radius 1 is 1.26 bits per heavy atom. The molecule has 0 radical (unpaired) electrons. The third-order valence-electron chi connectivity index (χ3n) is 4.02. The summed E-state index contributed by atoms with van der Waals surface area (Å²) in [5, 5.41) is 0. The van der Waals surface area contributed by atoms with Crippen LogP contribution in [0.5, 0.6) is 0 Å². The zero-order chi connectivity index (χ0) is 17.0. The summed E-state index contributed by atoms with van der Waals surface area (Å²) in [4.78, 5) is 14.1. The summed E-state index contributed by atoms with van der Waals surface area (Å²) < 4.78 is 31.8. The molecule has 1 aliphatic rings. The van der Waals surface area contributed by atoms with Crippen molar-refractivity contribution >= 4 is 21.6 Å². The first-order valence-electron chi connectivity index (χ1n) is 7.96. The number of benzene rings is 1. The Kier molecular flexibility index (Phi) is 5.78. The van der Waals surface area contributed by atoms with E-state index < -0.39 is 10.0 Å². The van der Waals surface area contributed by atoms with Crippen molar-refractivity contribution in [3.8, 4) is 0 Å². The first kappa shape index (κ1) is 17.9. The van der Waals surface area contributed by atoms with E-state index in [1.807, 2.05) is 20.8 Å². The highest BCUT2D eigenvalue weighted by Crippen LogP contribution is 2.31. The third-order valence-corrected chi connectivity index (χ3v) is 6.07. The van der Waals surface area contributed by atoms with Crippen LogP contribution in [0.25, 0.3) is 0 Å². The number of carbonyl (C=O) groups excluding carboxylic acids is 1. The summed E-state index contributed by atoms with van der Waals surface area (Å²) in [5.74, 6) is -0.0926. The van der Waals surface area contributed by atoms with Gasteiger partial charge < -0.3 is 9.64 Å². The fourth-order valence-electron chi connectivity index (χ4n) is 2.78. The zero-order valence-electron chi connectivity index (χ0n) is 13.9. The van der Waals surface area contributed by atoms with Crippen LogP contribution in [0.15, 0.2) is 23.1 Å². The number of sulfonamides is 1. The van der Waals surface area contributed by atoms with Crippen LogP contribution in [0, 0.1) is 0 Å². The van der Waals surface area contributed by atoms with Crippen molar-refractivity contribution in [1.29, 1.82) is 0 Å². The molecule has 1 amide bonds. The minimum atomic E-state index is -3.47. The van der Waals surface area contributed by atoms with Crippen LogP contribution in [0.1, 0.15) is 26.3 Å². The van der Waals surface area contributed by atoms with Gasteiger partial charge in [-0.05, 0) is 37.1 Å². The smallest absolute Gasteiger partial charge is 0.252 e. The minimum Gasteiger partial charge on any atom is -0.372 e. The van der Waals surface area contributed by atoms with E-state index in [1.165, 1.54) is 4.31 Å². The van der Waals surface area contributed by atoms with Crippen molar-refractivity contribution in [2.45, 2.75) is 32.1 Å². The number of nitrogens with zero attached hydrogens (tertiary/aromatic N) is 2. The summed E-state index contributed by atoms with van der Waals surface area (Å²) in [7, 11) is -3.47. The van der Waals surface area contributed by atoms with Gasteiger partial charge in [-0.25, -0.2) is 8.42 Å². The number of amides is 1. The Morgan fingerprint density at radius 3 is 2.57 bits per heavy atom. The van der Waals surface area contributed by atoms with E-state index in [-0.39, 0.29) is 12.5 Å². The van der Waals surface area contributed by atoms with E-state index in [2.05, 4.69) is 0 Å². The Morgan fingerprint density at radius 2 is 1.96 bits per heavy atom. The standard InChI is InChI=1S/C16H24N2O4S/c1-4-17(5-2)23(20,21)14-7-8-15-13(11-14)9-10-18(15)16(19)12-22-6-3/h7-8,11H,4-6,9-10,12H2,1-3H3. The van der Waals surface area contributed by atoms with Gasteiger partial charge in [0.25, 0.3) is 5.91 Å². The number of fused-ring (bicyclic) bond motifs is 1. The average molecular weight is 340 g/mol. The van der Waals surface area contributed by atoms with Crippen LogP contribution in [-0.4, -0.2) is 51.5 Å². The number of carbonyl (C=O) groups is 1. The summed E-state index contributed by atoms with van der Waals surface area (Å²) in [6.45, 7) is 7.48. The molecule has 0 N–H and O–H groups in total. The average Bonchev–Trinajstić information content (AvgIpc) is 2.96. The zero-order valence-corrected chi connectivity index (χ0v) is 14.7.